The number of fused-ring (bicyclic) bond motifs is 2. The second kappa shape index (κ2) is 8.54. The number of aromatic nitrogens is 1. The van der Waals surface area contributed by atoms with Crippen LogP contribution in [0.5, 0.6) is 0 Å². The van der Waals surface area contributed by atoms with E-state index >= 15 is 0 Å². The number of nitrogens with two attached hydrogens (primary N) is 1. The van der Waals surface area contributed by atoms with Crippen LogP contribution in [0.2, 0.25) is 0 Å². The van der Waals surface area contributed by atoms with Crippen LogP contribution in [0.25, 0.3) is 0 Å². The van der Waals surface area contributed by atoms with Crippen molar-refractivity contribution in [3.63, 3.8) is 0 Å². The Labute approximate surface area is 194 Å². The zero-order valence-corrected chi connectivity index (χ0v) is 20.5. The molecule has 3 N–H and O–H groups in total. The van der Waals surface area contributed by atoms with Gasteiger partial charge in [0, 0.05) is 11.1 Å². The number of nitrogens with one attached hydrogen (secondary N) is 1. The Bertz CT molecular complexity index is 1180. The molecule has 31 heavy (non-hydrogen) atoms. The van der Waals surface area contributed by atoms with E-state index in [1.54, 1.807) is 0 Å². The normalized spacial score (nSPS) is 16.5. The largest absolute Gasteiger partial charge is 0.354 e. The van der Waals surface area contributed by atoms with E-state index in [9.17, 15) is 14.3 Å². The maximum absolute atomic E-state index is 13.0. The highest BCUT2D eigenvalue weighted by molar-refractivity contribution is 7.93. The third-order valence-corrected chi connectivity index (χ3v) is 8.92. The Kier molecular flexibility index (Phi) is 6.54. The fraction of sp³-hybridized carbons (Fsp3) is 0.476. The number of benzene rings is 1. The zero-order valence-electron chi connectivity index (χ0n) is 17.9. The monoisotopic (exact) mass is 477 g/mol. The maximum Gasteiger partial charge on any atom is 0.354 e. The molecule has 1 unspecified atom stereocenters. The van der Waals surface area contributed by atoms with Crippen LogP contribution in [-0.2, 0) is 41.0 Å². The number of amides is 2. The molecule has 10 heteroatoms. The quantitative estimate of drug-likeness (QED) is 0.668. The molecular formula is C21H27N5O2S3. The van der Waals surface area contributed by atoms with E-state index in [4.69, 9.17) is 5.14 Å². The van der Waals surface area contributed by atoms with Crippen LogP contribution in [0.1, 0.15) is 66.4 Å². The van der Waals surface area contributed by atoms with Gasteiger partial charge >= 0.3 is 6.03 Å². The van der Waals surface area contributed by atoms with E-state index in [0.29, 0.717) is 0 Å². The highest BCUT2D eigenvalue weighted by Crippen LogP contribution is 2.41. The molecule has 0 fully saturated rings. The first-order chi connectivity index (χ1) is 14.1. The molecular weight excluding hydrogens is 450 g/mol. The van der Waals surface area contributed by atoms with Crippen molar-refractivity contribution in [2.75, 3.05) is 5.32 Å². The fourth-order valence-electron chi connectivity index (χ4n) is 4.28. The molecule has 2 aliphatic carbocycles. The van der Waals surface area contributed by atoms with E-state index in [2.05, 4.69) is 20.7 Å². The Morgan fingerprint density at radius 2 is 1.74 bits per heavy atom. The number of carbonyl (C=O) groups is 1. The van der Waals surface area contributed by atoms with Crippen molar-refractivity contribution in [3.8, 4) is 6.07 Å². The summed E-state index contributed by atoms with van der Waals surface area (Å²) in [6, 6.07) is 1.65. The van der Waals surface area contributed by atoms with Crippen molar-refractivity contribution >= 4 is 46.5 Å². The van der Waals surface area contributed by atoms with E-state index in [1.165, 1.54) is 17.5 Å². The minimum absolute atomic E-state index is 0. The van der Waals surface area contributed by atoms with Crippen molar-refractivity contribution in [2.45, 2.75) is 68.9 Å². The number of urea groups is 1. The van der Waals surface area contributed by atoms with Gasteiger partial charge in [-0.2, -0.15) is 18.8 Å². The molecule has 0 saturated carbocycles. The highest BCUT2D eigenvalue weighted by Gasteiger charge is 2.30. The number of hydrogen-bond donors (Lipinski definition) is 2. The van der Waals surface area contributed by atoms with Crippen LogP contribution >= 0.6 is 24.8 Å². The summed E-state index contributed by atoms with van der Waals surface area (Å²) in [4.78, 5) is 17.0. The molecule has 2 aromatic rings. The molecule has 0 radical (unpaired) electrons. The van der Waals surface area contributed by atoms with Crippen LogP contribution in [0.4, 0.5) is 10.5 Å². The summed E-state index contributed by atoms with van der Waals surface area (Å²) in [5.74, 6) is 0. The first kappa shape index (κ1) is 23.7. The summed E-state index contributed by atoms with van der Waals surface area (Å²) in [5, 5.41) is 19.3. The highest BCUT2D eigenvalue weighted by atomic mass is 32.2. The SMILES string of the molecule is CC(C)(C)c1ncc(S(N)(=O)=NC(=O)Nc2c3c(c(C#N)c4c2CCC4)CCC3)s1.S. The van der Waals surface area contributed by atoms with E-state index < -0.39 is 15.9 Å². The second-order valence-electron chi connectivity index (χ2n) is 8.81. The molecule has 7 nitrogen and oxygen atoms in total. The van der Waals surface area contributed by atoms with Crippen molar-refractivity contribution < 1.29 is 9.00 Å². The number of rotatable bonds is 2. The Balaban J connectivity index is 0.00000272. The molecule has 166 valence electrons. The van der Waals surface area contributed by atoms with Crippen molar-refractivity contribution in [3.05, 3.63) is 39.0 Å². The van der Waals surface area contributed by atoms with Crippen LogP contribution in [0.3, 0.4) is 0 Å². The van der Waals surface area contributed by atoms with Gasteiger partial charge in [-0.15, -0.1) is 15.7 Å². The van der Waals surface area contributed by atoms with Crippen molar-refractivity contribution in [1.29, 1.82) is 5.26 Å². The molecule has 4 rings (SSSR count). The van der Waals surface area contributed by atoms with Gasteiger partial charge in [0.15, 0.2) is 9.92 Å². The number of nitrogens with zero attached hydrogens (tertiary/aromatic N) is 3. The topological polar surface area (TPSA) is 121 Å². The van der Waals surface area contributed by atoms with E-state index in [1.807, 2.05) is 20.8 Å². The summed E-state index contributed by atoms with van der Waals surface area (Å²) in [6.07, 6.45) is 6.67. The maximum atomic E-state index is 13.0. The van der Waals surface area contributed by atoms with Crippen LogP contribution < -0.4 is 10.5 Å². The molecule has 1 aromatic carbocycles. The van der Waals surface area contributed by atoms with Gasteiger partial charge < -0.3 is 5.32 Å². The smallest absolute Gasteiger partial charge is 0.305 e. The second-order valence-corrected chi connectivity index (χ2v) is 11.9. The number of anilines is 1. The van der Waals surface area contributed by atoms with Gasteiger partial charge in [-0.05, 0) is 60.8 Å². The lowest BCUT2D eigenvalue weighted by atomic mass is 9.93. The average molecular weight is 478 g/mol. The number of nitriles is 1. The molecule has 2 amide bonds. The van der Waals surface area contributed by atoms with E-state index in [0.717, 1.165) is 77.0 Å². The standard InChI is InChI=1S/C21H25N5O2S2.H2S/c1-21(2,3)19-24-11-17(29-19)30(23,28)26-20(27)25-18-14-8-4-6-12(14)16(10-22)13-7-5-9-15(13)18;/h11H,4-9H2,1-3H3,(H3,23,25,26,27,28);1H2. The van der Waals surface area contributed by atoms with Gasteiger partial charge in [-0.3, -0.25) is 0 Å². The summed E-state index contributed by atoms with van der Waals surface area (Å²) in [6.45, 7) is 6.01. The van der Waals surface area contributed by atoms with Gasteiger partial charge in [0.25, 0.3) is 0 Å². The molecule has 0 bridgehead atoms. The fourth-order valence-corrected chi connectivity index (χ4v) is 6.40. The first-order valence-corrected chi connectivity index (χ1v) is 12.4. The Morgan fingerprint density at radius 3 is 2.23 bits per heavy atom. The zero-order chi connectivity index (χ0) is 21.7. The Morgan fingerprint density at radius 1 is 1.19 bits per heavy atom. The van der Waals surface area contributed by atoms with Gasteiger partial charge in [0.2, 0.25) is 0 Å². The van der Waals surface area contributed by atoms with Gasteiger partial charge in [0.05, 0.1) is 22.8 Å². The molecule has 1 aromatic heterocycles. The number of hydrogen-bond acceptors (Lipinski definition) is 5. The third kappa shape index (κ3) is 4.37. The summed E-state index contributed by atoms with van der Waals surface area (Å²) in [7, 11) is -3.39. The summed E-state index contributed by atoms with van der Waals surface area (Å²) < 4.78 is 17.1. The predicted molar refractivity (Wildman–Crippen MR) is 128 cm³/mol. The van der Waals surface area contributed by atoms with E-state index in [-0.39, 0.29) is 23.1 Å². The number of carbonyl (C=O) groups excluding carboxylic acids is 1. The van der Waals surface area contributed by atoms with Gasteiger partial charge in [0.1, 0.15) is 4.21 Å². The molecule has 0 spiro atoms. The third-order valence-electron chi connectivity index (χ3n) is 5.62. The lowest BCUT2D eigenvalue weighted by molar-refractivity contribution is 0.260. The Hall–Kier alpha value is -1.93. The molecule has 2 aliphatic rings. The van der Waals surface area contributed by atoms with Crippen LogP contribution in [-0.4, -0.2) is 15.2 Å². The minimum Gasteiger partial charge on any atom is -0.305 e. The average Bonchev–Trinajstić information content (AvgIpc) is 3.40. The van der Waals surface area contributed by atoms with Gasteiger partial charge in [-0.1, -0.05) is 20.8 Å². The van der Waals surface area contributed by atoms with Crippen LogP contribution in [0.15, 0.2) is 14.8 Å². The molecule has 1 heterocycles. The van der Waals surface area contributed by atoms with Crippen molar-refractivity contribution in [1.82, 2.24) is 4.98 Å². The summed E-state index contributed by atoms with van der Waals surface area (Å²) >= 11 is 1.22. The first-order valence-electron chi connectivity index (χ1n) is 10.0. The molecule has 0 saturated heterocycles. The minimum atomic E-state index is -3.39. The molecule has 0 aliphatic heterocycles. The summed E-state index contributed by atoms with van der Waals surface area (Å²) in [5.41, 5.74) is 5.45. The predicted octanol–water partition coefficient (Wildman–Crippen LogP) is 4.34. The van der Waals surface area contributed by atoms with Crippen molar-refractivity contribution in [2.24, 2.45) is 9.50 Å². The lowest BCUT2D eigenvalue weighted by Crippen LogP contribution is -2.18. The molecule has 1 atom stereocenters. The van der Waals surface area contributed by atoms with Crippen LogP contribution in [0, 0.1) is 11.3 Å². The lowest BCUT2D eigenvalue weighted by Gasteiger charge is -2.17. The van der Waals surface area contributed by atoms with Gasteiger partial charge in [-0.25, -0.2) is 19.1 Å². The number of thiazole rings is 1.